The number of fused-ring (bicyclic) bond motifs is 1. The van der Waals surface area contributed by atoms with Crippen LogP contribution in [0.1, 0.15) is 21.7 Å². The predicted octanol–water partition coefficient (Wildman–Crippen LogP) is 1.51. The summed E-state index contributed by atoms with van der Waals surface area (Å²) in [6.45, 7) is 5.64. The van der Waals surface area contributed by atoms with Crippen LogP contribution in [0.15, 0.2) is 42.7 Å². The summed E-state index contributed by atoms with van der Waals surface area (Å²) in [5.41, 5.74) is 2.50. The third-order valence-corrected chi connectivity index (χ3v) is 4.93. The zero-order valence-corrected chi connectivity index (χ0v) is 14.3. The second-order valence-corrected chi connectivity index (χ2v) is 6.69. The molecule has 0 bridgehead atoms. The first-order valence-electron chi connectivity index (χ1n) is 8.68. The number of hydrogen-bond donors (Lipinski definition) is 0. The van der Waals surface area contributed by atoms with Crippen LogP contribution in [-0.2, 0) is 11.3 Å². The Labute approximate surface area is 147 Å². The first kappa shape index (κ1) is 16.2. The van der Waals surface area contributed by atoms with Crippen LogP contribution < -0.4 is 0 Å². The zero-order valence-electron chi connectivity index (χ0n) is 14.3. The molecule has 1 aromatic carbocycles. The highest BCUT2D eigenvalue weighted by molar-refractivity contribution is 5.92. The maximum atomic E-state index is 12.7. The molecule has 4 rings (SSSR count). The highest BCUT2D eigenvalue weighted by Gasteiger charge is 2.42. The van der Waals surface area contributed by atoms with E-state index in [1.54, 1.807) is 12.4 Å². The molecule has 2 saturated heterocycles. The van der Waals surface area contributed by atoms with Crippen LogP contribution in [0.4, 0.5) is 0 Å². The van der Waals surface area contributed by atoms with Gasteiger partial charge in [-0.05, 0) is 12.5 Å². The number of morpholine rings is 1. The van der Waals surface area contributed by atoms with E-state index in [0.29, 0.717) is 25.4 Å². The van der Waals surface area contributed by atoms with Crippen molar-refractivity contribution in [1.29, 1.82) is 0 Å². The summed E-state index contributed by atoms with van der Waals surface area (Å²) in [4.78, 5) is 25.4. The van der Waals surface area contributed by atoms with Crippen molar-refractivity contribution < 1.29 is 9.53 Å². The number of aryl methyl sites for hydroxylation is 1. The van der Waals surface area contributed by atoms with E-state index in [2.05, 4.69) is 39.1 Å². The summed E-state index contributed by atoms with van der Waals surface area (Å²) in [6.07, 6.45) is 3.26. The third kappa shape index (κ3) is 3.41. The molecule has 0 aliphatic carbocycles. The quantitative estimate of drug-likeness (QED) is 0.849. The van der Waals surface area contributed by atoms with E-state index < -0.39 is 0 Å². The van der Waals surface area contributed by atoms with Crippen molar-refractivity contribution in [2.45, 2.75) is 25.6 Å². The Morgan fingerprint density at radius 1 is 1.20 bits per heavy atom. The lowest BCUT2D eigenvalue weighted by Crippen LogP contribution is -2.50. The minimum atomic E-state index is -0.0647. The van der Waals surface area contributed by atoms with Gasteiger partial charge in [0.05, 0.1) is 30.6 Å². The van der Waals surface area contributed by atoms with E-state index in [1.165, 1.54) is 5.56 Å². The van der Waals surface area contributed by atoms with Gasteiger partial charge in [-0.15, -0.1) is 0 Å². The molecule has 2 aliphatic heterocycles. The van der Waals surface area contributed by atoms with E-state index in [9.17, 15) is 4.79 Å². The van der Waals surface area contributed by atoms with Crippen LogP contribution in [0, 0.1) is 6.92 Å². The second kappa shape index (κ2) is 6.90. The number of amides is 1. The lowest BCUT2D eigenvalue weighted by atomic mass is 10.1. The third-order valence-electron chi connectivity index (χ3n) is 4.93. The van der Waals surface area contributed by atoms with Gasteiger partial charge >= 0.3 is 0 Å². The average Bonchev–Trinajstić information content (AvgIpc) is 3.08. The number of carbonyl (C=O) groups excluding carboxylic acids is 1. The van der Waals surface area contributed by atoms with Crippen molar-refractivity contribution in [3.05, 3.63) is 59.7 Å². The molecular weight excluding hydrogens is 316 g/mol. The minimum Gasteiger partial charge on any atom is -0.373 e. The minimum absolute atomic E-state index is 0.0647. The molecule has 0 unspecified atom stereocenters. The standard InChI is InChI=1S/C19H22N4O2/c1-14-9-21-16(10-20-14)19(24)23-12-17-18(13-23)25-8-7-22(17)11-15-5-3-2-4-6-15/h2-6,9-10,17-18H,7-8,11-13H2,1H3/t17-,18+/m1/s1. The highest BCUT2D eigenvalue weighted by Crippen LogP contribution is 2.25. The lowest BCUT2D eigenvalue weighted by molar-refractivity contribution is -0.0503. The van der Waals surface area contributed by atoms with Gasteiger partial charge < -0.3 is 9.64 Å². The summed E-state index contributed by atoms with van der Waals surface area (Å²) in [7, 11) is 0. The Morgan fingerprint density at radius 2 is 2.04 bits per heavy atom. The molecule has 0 radical (unpaired) electrons. The van der Waals surface area contributed by atoms with Crippen molar-refractivity contribution in [1.82, 2.24) is 19.8 Å². The van der Waals surface area contributed by atoms with Gasteiger partial charge in [-0.25, -0.2) is 4.98 Å². The van der Waals surface area contributed by atoms with E-state index in [4.69, 9.17) is 4.74 Å². The molecule has 2 aromatic rings. The van der Waals surface area contributed by atoms with Crippen LogP contribution >= 0.6 is 0 Å². The number of hydrogen-bond acceptors (Lipinski definition) is 5. The number of benzene rings is 1. The van der Waals surface area contributed by atoms with Gasteiger partial charge in [0.2, 0.25) is 0 Å². The summed E-state index contributed by atoms with van der Waals surface area (Å²) in [5.74, 6) is -0.0647. The summed E-state index contributed by atoms with van der Waals surface area (Å²) in [5, 5.41) is 0. The van der Waals surface area contributed by atoms with Gasteiger partial charge in [0.15, 0.2) is 0 Å². The largest absolute Gasteiger partial charge is 0.373 e. The fraction of sp³-hybridized carbons (Fsp3) is 0.421. The maximum Gasteiger partial charge on any atom is 0.274 e. The van der Waals surface area contributed by atoms with Crippen LogP contribution in [0.3, 0.4) is 0 Å². The summed E-state index contributed by atoms with van der Waals surface area (Å²) < 4.78 is 5.93. The molecule has 1 aromatic heterocycles. The molecule has 6 nitrogen and oxygen atoms in total. The smallest absolute Gasteiger partial charge is 0.274 e. The second-order valence-electron chi connectivity index (χ2n) is 6.69. The van der Waals surface area contributed by atoms with Crippen LogP contribution in [0.25, 0.3) is 0 Å². The SMILES string of the molecule is Cc1cnc(C(=O)N2C[C@@H]3OCCN(Cc4ccccc4)[C@@H]3C2)cn1. The lowest BCUT2D eigenvalue weighted by Gasteiger charge is -2.36. The molecule has 2 aliphatic rings. The van der Waals surface area contributed by atoms with Crippen molar-refractivity contribution in [2.75, 3.05) is 26.2 Å². The molecule has 2 atom stereocenters. The molecule has 1 amide bonds. The molecule has 0 N–H and O–H groups in total. The fourth-order valence-corrected chi connectivity index (χ4v) is 3.60. The molecule has 25 heavy (non-hydrogen) atoms. The van der Waals surface area contributed by atoms with Gasteiger partial charge in [-0.1, -0.05) is 30.3 Å². The van der Waals surface area contributed by atoms with Gasteiger partial charge in [0.1, 0.15) is 5.69 Å². The first-order valence-corrected chi connectivity index (χ1v) is 8.68. The van der Waals surface area contributed by atoms with Gasteiger partial charge in [-0.2, -0.15) is 0 Å². The van der Waals surface area contributed by atoms with Crippen molar-refractivity contribution >= 4 is 5.91 Å². The molecule has 0 spiro atoms. The Kier molecular flexibility index (Phi) is 4.46. The number of nitrogens with zero attached hydrogens (tertiary/aromatic N) is 4. The molecule has 3 heterocycles. The van der Waals surface area contributed by atoms with Gasteiger partial charge in [0.25, 0.3) is 5.91 Å². The van der Waals surface area contributed by atoms with Crippen molar-refractivity contribution in [3.63, 3.8) is 0 Å². The molecule has 0 saturated carbocycles. The molecule has 2 fully saturated rings. The van der Waals surface area contributed by atoms with Crippen molar-refractivity contribution in [3.8, 4) is 0 Å². The predicted molar refractivity (Wildman–Crippen MR) is 93.1 cm³/mol. The Balaban J connectivity index is 1.47. The monoisotopic (exact) mass is 338 g/mol. The van der Waals surface area contributed by atoms with Crippen LogP contribution in [0.5, 0.6) is 0 Å². The average molecular weight is 338 g/mol. The van der Waals surface area contributed by atoms with E-state index in [-0.39, 0.29) is 18.1 Å². The number of ether oxygens (including phenoxy) is 1. The highest BCUT2D eigenvalue weighted by atomic mass is 16.5. The van der Waals surface area contributed by atoms with Crippen LogP contribution in [0.2, 0.25) is 0 Å². The number of carbonyl (C=O) groups is 1. The van der Waals surface area contributed by atoms with Gasteiger partial charge in [0, 0.05) is 32.4 Å². The Bertz CT molecular complexity index is 735. The topological polar surface area (TPSA) is 58.6 Å². The summed E-state index contributed by atoms with van der Waals surface area (Å²) in [6, 6.07) is 10.7. The molecular formula is C19H22N4O2. The van der Waals surface area contributed by atoms with Crippen molar-refractivity contribution in [2.24, 2.45) is 0 Å². The van der Waals surface area contributed by atoms with Crippen LogP contribution in [-0.4, -0.2) is 64.1 Å². The number of likely N-dealkylation sites (tertiary alicyclic amines) is 1. The van der Waals surface area contributed by atoms with Gasteiger partial charge in [-0.3, -0.25) is 14.7 Å². The zero-order chi connectivity index (χ0) is 17.2. The molecule has 130 valence electrons. The number of aromatic nitrogens is 2. The number of rotatable bonds is 3. The van der Waals surface area contributed by atoms with E-state index in [0.717, 1.165) is 18.8 Å². The normalized spacial score (nSPS) is 23.5. The first-order chi connectivity index (χ1) is 12.2. The maximum absolute atomic E-state index is 12.7. The van der Waals surface area contributed by atoms with E-state index >= 15 is 0 Å². The Morgan fingerprint density at radius 3 is 2.80 bits per heavy atom. The Hall–Kier alpha value is -2.31. The van der Waals surface area contributed by atoms with E-state index in [1.807, 2.05) is 17.9 Å². The molecule has 6 heteroatoms. The fourth-order valence-electron chi connectivity index (χ4n) is 3.60. The summed E-state index contributed by atoms with van der Waals surface area (Å²) >= 11 is 0.